The fourth-order valence-electron chi connectivity index (χ4n) is 4.45. The number of hydrogen-bond acceptors (Lipinski definition) is 5. The third kappa shape index (κ3) is 6.65. The first kappa shape index (κ1) is 26.1. The summed E-state index contributed by atoms with van der Waals surface area (Å²) in [7, 11) is 0. The number of unbranched alkanes of at least 4 members (excludes halogenated alkanes) is 4. The molecule has 3 aliphatic rings. The second-order valence-electron chi connectivity index (χ2n) is 8.30. The van der Waals surface area contributed by atoms with Gasteiger partial charge in [0, 0.05) is 24.7 Å². The Labute approximate surface area is 197 Å². The van der Waals surface area contributed by atoms with Gasteiger partial charge in [-0.15, -0.1) is 12.4 Å². The molecule has 0 bridgehead atoms. The Bertz CT molecular complexity index is 874. The van der Waals surface area contributed by atoms with E-state index in [-0.39, 0.29) is 17.9 Å². The minimum Gasteiger partial charge on any atom is -0.412 e. The zero-order valence-corrected chi connectivity index (χ0v) is 19.5. The third-order valence-corrected chi connectivity index (χ3v) is 6.09. The van der Waals surface area contributed by atoms with E-state index in [0.717, 1.165) is 68.3 Å². The summed E-state index contributed by atoms with van der Waals surface area (Å²) in [5.41, 5.74) is 10.1. The molecule has 0 amide bonds. The number of benzene rings is 1. The van der Waals surface area contributed by atoms with Crippen LogP contribution in [-0.2, 0) is 0 Å². The van der Waals surface area contributed by atoms with E-state index in [4.69, 9.17) is 10.7 Å². The zero-order chi connectivity index (χ0) is 20.6. The van der Waals surface area contributed by atoms with E-state index in [1.807, 2.05) is 12.3 Å². The maximum Gasteiger partial charge on any atom is 0.200 e. The molecule has 4 rings (SSSR count). The summed E-state index contributed by atoms with van der Waals surface area (Å²) in [4.78, 5) is 13.0. The van der Waals surface area contributed by atoms with Crippen LogP contribution in [-0.4, -0.2) is 40.1 Å². The van der Waals surface area contributed by atoms with E-state index < -0.39 is 0 Å². The number of anilines is 1. The second kappa shape index (κ2) is 13.4. The summed E-state index contributed by atoms with van der Waals surface area (Å²) >= 11 is 0. The minimum absolute atomic E-state index is 0. The number of nitrogens with zero attached hydrogens (tertiary/aromatic N) is 2. The molecule has 0 saturated carbocycles. The molecule has 32 heavy (non-hydrogen) atoms. The average molecular weight is 461 g/mol. The van der Waals surface area contributed by atoms with Crippen molar-refractivity contribution >= 4 is 18.4 Å². The van der Waals surface area contributed by atoms with Crippen LogP contribution in [0.15, 0.2) is 42.6 Å². The van der Waals surface area contributed by atoms with Gasteiger partial charge in [0.2, 0.25) is 5.95 Å². The highest BCUT2D eigenvalue weighted by atomic mass is 35.5. The van der Waals surface area contributed by atoms with Gasteiger partial charge in [-0.25, -0.2) is 4.98 Å². The molecule has 7 N–H and O–H groups in total. The van der Waals surface area contributed by atoms with Crippen molar-refractivity contribution in [1.82, 2.24) is 20.3 Å². The Hall–Kier alpha value is -2.19. The predicted octanol–water partition coefficient (Wildman–Crippen LogP) is 4.04. The highest BCUT2D eigenvalue weighted by molar-refractivity contribution is 5.85. The number of aromatic nitrogens is 3. The van der Waals surface area contributed by atoms with Crippen molar-refractivity contribution < 1.29 is 5.48 Å². The lowest BCUT2D eigenvalue weighted by Gasteiger charge is -2.31. The number of aromatic amines is 1. The number of nitrogens with two attached hydrogens (primary N) is 1. The topological polar surface area (TPSA) is 123 Å². The molecule has 0 radical (unpaired) electrons. The summed E-state index contributed by atoms with van der Waals surface area (Å²) < 4.78 is 0. The first-order valence-electron chi connectivity index (χ1n) is 11.4. The van der Waals surface area contributed by atoms with E-state index >= 15 is 0 Å². The van der Waals surface area contributed by atoms with Crippen molar-refractivity contribution in [2.75, 3.05) is 25.0 Å². The molecule has 2 unspecified atom stereocenters. The van der Waals surface area contributed by atoms with Crippen LogP contribution >= 0.6 is 12.4 Å². The highest BCUT2D eigenvalue weighted by Gasteiger charge is 2.28. The van der Waals surface area contributed by atoms with Crippen molar-refractivity contribution in [3.05, 3.63) is 53.9 Å². The molecular weight excluding hydrogens is 424 g/mol. The molecule has 2 atom stereocenters. The first-order valence-corrected chi connectivity index (χ1v) is 11.4. The molecule has 1 fully saturated rings. The van der Waals surface area contributed by atoms with Gasteiger partial charge in [-0.2, -0.15) is 0 Å². The molecule has 0 aromatic heterocycles. The Kier molecular flexibility index (Phi) is 10.9. The lowest BCUT2D eigenvalue weighted by molar-refractivity contribution is 0.365. The molecule has 176 valence electrons. The Morgan fingerprint density at radius 2 is 1.81 bits per heavy atom. The van der Waals surface area contributed by atoms with Gasteiger partial charge in [0.15, 0.2) is 0 Å². The summed E-state index contributed by atoms with van der Waals surface area (Å²) in [5.74, 6) is 1.27. The van der Waals surface area contributed by atoms with Crippen molar-refractivity contribution in [2.24, 2.45) is 5.73 Å². The van der Waals surface area contributed by atoms with Crippen molar-refractivity contribution in [2.45, 2.75) is 56.9 Å². The largest absolute Gasteiger partial charge is 0.412 e. The predicted molar refractivity (Wildman–Crippen MR) is 134 cm³/mol. The van der Waals surface area contributed by atoms with E-state index in [1.165, 1.54) is 24.8 Å². The van der Waals surface area contributed by atoms with Crippen LogP contribution in [0.1, 0.15) is 68.2 Å². The first-order chi connectivity index (χ1) is 14.8. The monoisotopic (exact) mass is 460 g/mol. The number of nitrogens with one attached hydrogen (secondary N) is 3. The molecule has 3 heterocycles. The van der Waals surface area contributed by atoms with E-state index in [2.05, 4.69) is 50.9 Å². The molecule has 1 aromatic carbocycles. The molecule has 0 aliphatic carbocycles. The molecule has 8 heteroatoms. The van der Waals surface area contributed by atoms with Crippen LogP contribution < -0.4 is 16.4 Å². The lowest BCUT2D eigenvalue weighted by Crippen LogP contribution is -2.31. The van der Waals surface area contributed by atoms with Gasteiger partial charge in [-0.1, -0.05) is 49.6 Å². The fraction of sp³-hybridized carbons (Fsp3) is 0.500. The Balaban J connectivity index is 0.00000181. The van der Waals surface area contributed by atoms with Gasteiger partial charge < -0.3 is 26.8 Å². The average Bonchev–Trinajstić information content (AvgIpc) is 3.27. The van der Waals surface area contributed by atoms with E-state index in [0.29, 0.717) is 12.0 Å². The van der Waals surface area contributed by atoms with Crippen LogP contribution in [0.25, 0.3) is 11.4 Å². The van der Waals surface area contributed by atoms with E-state index in [9.17, 15) is 0 Å². The van der Waals surface area contributed by atoms with Gasteiger partial charge >= 0.3 is 0 Å². The van der Waals surface area contributed by atoms with Gasteiger partial charge in [-0.3, -0.25) is 4.98 Å². The number of rotatable bonds is 10. The van der Waals surface area contributed by atoms with Gasteiger partial charge in [0.05, 0.1) is 11.4 Å². The van der Waals surface area contributed by atoms with Crippen molar-refractivity contribution in [1.29, 1.82) is 0 Å². The summed E-state index contributed by atoms with van der Waals surface area (Å²) in [6.45, 7) is 2.73. The lowest BCUT2D eigenvalue weighted by atomic mass is 9.85. The maximum absolute atomic E-state index is 5.57. The third-order valence-electron chi connectivity index (χ3n) is 6.09. The van der Waals surface area contributed by atoms with Crippen LogP contribution in [0.4, 0.5) is 5.95 Å². The summed E-state index contributed by atoms with van der Waals surface area (Å²) in [6, 6.07) is 13.1. The highest BCUT2D eigenvalue weighted by Crippen LogP contribution is 2.38. The minimum atomic E-state index is 0. The molecule has 3 aliphatic heterocycles. The standard InChI is InChI=1S/C24H34N6.ClH.H2O/c25-13-7-2-1-3-8-14-28-24-29-20-12-16-27-23(20)22(30-24)19-11-15-26-21(17-19)18-9-5-4-6-10-18;;/h4-6,9-10,12,16,19,21,26H,1-3,7-8,11,13-15,17,25H2,(H2,28,29,30);1H;1H2. The molecular formula is C24H37ClN6O. The number of piperidine rings is 1. The van der Waals surface area contributed by atoms with Crippen molar-refractivity contribution in [3.63, 3.8) is 0 Å². The van der Waals surface area contributed by atoms with Crippen LogP contribution in [0.2, 0.25) is 0 Å². The quantitative estimate of drug-likeness (QED) is 0.340. The maximum atomic E-state index is 5.57. The van der Waals surface area contributed by atoms with Crippen molar-refractivity contribution in [3.8, 4) is 11.4 Å². The summed E-state index contributed by atoms with van der Waals surface area (Å²) in [6.07, 6.45) is 10.0. The summed E-state index contributed by atoms with van der Waals surface area (Å²) in [5, 5.41) is 7.18. The molecule has 0 spiro atoms. The van der Waals surface area contributed by atoms with Gasteiger partial charge in [0.25, 0.3) is 0 Å². The Morgan fingerprint density at radius 3 is 2.62 bits per heavy atom. The number of H-pyrrole nitrogens is 1. The van der Waals surface area contributed by atoms with Gasteiger partial charge in [0.1, 0.15) is 5.69 Å². The fourth-order valence-corrected chi connectivity index (χ4v) is 4.45. The van der Waals surface area contributed by atoms with Crippen LogP contribution in [0.5, 0.6) is 0 Å². The number of fused-ring (bicyclic) bond motifs is 1. The number of hydrogen-bond donors (Lipinski definition) is 4. The SMILES string of the molecule is Cl.NCCCCCCCNc1nc(C2CCNC(c3ccccc3)C2)c2nccc-2[nH]1.O. The van der Waals surface area contributed by atoms with Crippen LogP contribution in [0.3, 0.4) is 0 Å². The Morgan fingerprint density at radius 1 is 1.03 bits per heavy atom. The smallest absolute Gasteiger partial charge is 0.200 e. The van der Waals surface area contributed by atoms with E-state index in [1.54, 1.807) is 0 Å². The molecule has 1 saturated heterocycles. The second-order valence-corrected chi connectivity index (χ2v) is 8.30. The number of halogens is 1. The van der Waals surface area contributed by atoms with Gasteiger partial charge in [-0.05, 0) is 50.4 Å². The molecule has 7 nitrogen and oxygen atoms in total. The zero-order valence-electron chi connectivity index (χ0n) is 18.6. The normalized spacial score (nSPS) is 18.0. The van der Waals surface area contributed by atoms with Crippen LogP contribution in [0, 0.1) is 0 Å². The molecule has 1 aromatic rings.